The maximum Gasteiger partial charge on any atom is 0.317 e. The van der Waals surface area contributed by atoms with Gasteiger partial charge in [0.1, 0.15) is 35.9 Å². The number of aliphatic hydroxyl groups excluding tert-OH is 3. The van der Waals surface area contributed by atoms with Crippen LogP contribution in [0.4, 0.5) is 4.79 Å². The molecule has 11 nitrogen and oxygen atoms in total. The molecule has 10 atom stereocenters. The van der Waals surface area contributed by atoms with E-state index in [-0.39, 0.29) is 17.9 Å². The van der Waals surface area contributed by atoms with E-state index >= 15 is 0 Å². The van der Waals surface area contributed by atoms with Crippen molar-refractivity contribution in [3.63, 3.8) is 0 Å². The number of hydrogen-bond donors (Lipinski definition) is 6. The van der Waals surface area contributed by atoms with Crippen LogP contribution in [0.25, 0.3) is 0 Å². The normalized spacial score (nSPS) is 38.7. The molecule has 0 radical (unpaired) electrons. The molecule has 3 heterocycles. The van der Waals surface area contributed by atoms with Crippen LogP contribution in [-0.4, -0.2) is 125 Å². The summed E-state index contributed by atoms with van der Waals surface area (Å²) in [7, 11) is 0. The number of nitrogens with zero attached hydrogens (tertiary/aromatic N) is 1. The first-order valence-electron chi connectivity index (χ1n) is 11.2. The number of hydrogen-bond acceptors (Lipinski definition) is 9. The second-order valence-corrected chi connectivity index (χ2v) is 10.3. The molecule has 0 aromatic heterocycles. The minimum absolute atomic E-state index is 0.0629. The summed E-state index contributed by atoms with van der Waals surface area (Å²) in [5.74, 6) is -0.435. The Bertz CT molecular complexity index is 691. The van der Waals surface area contributed by atoms with Crippen molar-refractivity contribution in [3.05, 3.63) is 0 Å². The van der Waals surface area contributed by atoms with E-state index in [4.69, 9.17) is 21.1 Å². The number of alkyl halides is 1. The van der Waals surface area contributed by atoms with Gasteiger partial charge in [0.25, 0.3) is 0 Å². The number of rotatable bonds is 6. The predicted molar refractivity (Wildman–Crippen MR) is 123 cm³/mol. The first-order chi connectivity index (χ1) is 15.7. The number of nitrogens with one attached hydrogen (secondary N) is 3. The molecule has 3 rings (SSSR count). The van der Waals surface area contributed by atoms with Gasteiger partial charge in [-0.2, -0.15) is 0 Å². The molecule has 0 aromatic carbocycles. The first-order valence-corrected chi connectivity index (χ1v) is 13.0. The number of carbonyl (C=O) groups is 2. The highest BCUT2D eigenvalue weighted by Crippen LogP contribution is 2.30. The Balaban J connectivity index is 1.68. The van der Waals surface area contributed by atoms with Gasteiger partial charge in [-0.1, -0.05) is 0 Å². The number of ether oxygens (including phenoxy) is 2. The molecule has 5 unspecified atom stereocenters. The van der Waals surface area contributed by atoms with Gasteiger partial charge in [0, 0.05) is 32.1 Å². The summed E-state index contributed by atoms with van der Waals surface area (Å²) in [5, 5.41) is 39.1. The van der Waals surface area contributed by atoms with Gasteiger partial charge < -0.3 is 45.6 Å². The van der Waals surface area contributed by atoms with Crippen LogP contribution in [-0.2, 0) is 14.3 Å². The van der Waals surface area contributed by atoms with Crippen molar-refractivity contribution in [2.24, 2.45) is 5.92 Å². The highest BCUT2D eigenvalue weighted by molar-refractivity contribution is 7.99. The molecule has 190 valence electrons. The Kier molecular flexibility index (Phi) is 9.49. The van der Waals surface area contributed by atoms with Crippen molar-refractivity contribution >= 4 is 35.3 Å². The fourth-order valence-corrected chi connectivity index (χ4v) is 5.51. The van der Waals surface area contributed by atoms with E-state index in [1.165, 1.54) is 11.8 Å². The zero-order valence-corrected chi connectivity index (χ0v) is 20.6. The summed E-state index contributed by atoms with van der Waals surface area (Å²) < 4.78 is 11.8. The van der Waals surface area contributed by atoms with Crippen LogP contribution in [0.2, 0.25) is 0 Å². The molecule has 0 aliphatic carbocycles. The van der Waals surface area contributed by atoms with Crippen LogP contribution in [0.15, 0.2) is 0 Å². The summed E-state index contributed by atoms with van der Waals surface area (Å²) in [4.78, 5) is 27.2. The predicted octanol–water partition coefficient (Wildman–Crippen LogP) is -1.71. The van der Waals surface area contributed by atoms with Crippen molar-refractivity contribution in [2.45, 2.75) is 67.3 Å². The van der Waals surface area contributed by atoms with Crippen LogP contribution in [0.3, 0.4) is 0 Å². The van der Waals surface area contributed by atoms with Crippen molar-refractivity contribution in [2.75, 3.05) is 39.0 Å². The molecule has 3 amide bonds. The number of amides is 3. The molecule has 6 N–H and O–H groups in total. The highest BCUT2D eigenvalue weighted by Gasteiger charge is 2.49. The van der Waals surface area contributed by atoms with Crippen LogP contribution < -0.4 is 16.0 Å². The number of thioether (sulfide) groups is 1. The molecule has 3 aliphatic heterocycles. The molecular weight excluding hydrogens is 476 g/mol. The van der Waals surface area contributed by atoms with E-state index in [9.17, 15) is 24.9 Å². The van der Waals surface area contributed by atoms with Gasteiger partial charge in [-0.05, 0) is 20.1 Å². The molecule has 0 spiro atoms. The Morgan fingerprint density at radius 2 is 2.00 bits per heavy atom. The zero-order valence-electron chi connectivity index (χ0n) is 19.0. The number of aliphatic hydroxyl groups is 3. The summed E-state index contributed by atoms with van der Waals surface area (Å²) in [5.41, 5.74) is -0.775. The maximum atomic E-state index is 13.2. The Hall–Kier alpha value is -0.860. The van der Waals surface area contributed by atoms with Gasteiger partial charge in [0.2, 0.25) is 5.91 Å². The fourth-order valence-electron chi connectivity index (χ4n) is 4.62. The van der Waals surface area contributed by atoms with Gasteiger partial charge in [-0.15, -0.1) is 23.4 Å². The lowest BCUT2D eigenvalue weighted by Crippen LogP contribution is -2.65. The van der Waals surface area contributed by atoms with Gasteiger partial charge in [-0.3, -0.25) is 4.79 Å². The van der Waals surface area contributed by atoms with Crippen molar-refractivity contribution in [1.82, 2.24) is 20.9 Å². The van der Waals surface area contributed by atoms with Crippen molar-refractivity contribution in [1.29, 1.82) is 0 Å². The third-order valence-corrected chi connectivity index (χ3v) is 7.54. The van der Waals surface area contributed by atoms with E-state index < -0.39 is 53.4 Å². The van der Waals surface area contributed by atoms with Crippen molar-refractivity contribution < 1.29 is 34.4 Å². The van der Waals surface area contributed by atoms with Crippen LogP contribution in [0, 0.1) is 5.92 Å². The lowest BCUT2D eigenvalue weighted by Gasteiger charge is -2.44. The molecule has 0 bridgehead atoms. The third-order valence-electron chi connectivity index (χ3n) is 6.41. The average molecular weight is 511 g/mol. The molecule has 0 saturated carbocycles. The molecule has 33 heavy (non-hydrogen) atoms. The third kappa shape index (κ3) is 5.87. The van der Waals surface area contributed by atoms with Gasteiger partial charge >= 0.3 is 6.03 Å². The molecular formula is C20H35ClN4O7S. The van der Waals surface area contributed by atoms with Crippen molar-refractivity contribution in [3.8, 4) is 0 Å². The Morgan fingerprint density at radius 1 is 1.27 bits per heavy atom. The summed E-state index contributed by atoms with van der Waals surface area (Å²) in [6.45, 7) is 5.76. The number of fused-ring (bicyclic) bond motifs is 1. The lowest BCUT2D eigenvalue weighted by atomic mass is 9.92. The number of urea groups is 1. The van der Waals surface area contributed by atoms with E-state index in [1.54, 1.807) is 18.1 Å². The van der Waals surface area contributed by atoms with Gasteiger partial charge in [0.05, 0.1) is 24.1 Å². The molecule has 3 saturated heterocycles. The van der Waals surface area contributed by atoms with Crippen LogP contribution >= 0.6 is 23.4 Å². The number of carbonyl (C=O) groups excluding carboxylic acids is 2. The molecule has 3 aliphatic rings. The van der Waals surface area contributed by atoms with Crippen LogP contribution in [0.1, 0.15) is 13.8 Å². The molecule has 0 aromatic rings. The largest absolute Gasteiger partial charge is 0.388 e. The second-order valence-electron chi connectivity index (χ2n) is 8.65. The van der Waals surface area contributed by atoms with E-state index in [0.717, 1.165) is 0 Å². The standard InChI is InChI=1S/C20H35ClN4O7S/c1-4-22-20(30)25-5-6-31-16-10(8-25)7-23-12(16)18(29)24-11(9(2)21)17-14(27)13(26)15(28)19(32-17)33-3/h9-17,19,23,26-28H,4-8H2,1-3H3,(H,22,30)(H,24,29)/t9-,10+,11+,12-,13?,14?,15?,16+,17?,19?/m0/s1. The molecule has 13 heteroatoms. The topological polar surface area (TPSA) is 153 Å². The first kappa shape index (κ1) is 26.7. The summed E-state index contributed by atoms with van der Waals surface area (Å²) in [6, 6.07) is -1.66. The van der Waals surface area contributed by atoms with E-state index in [2.05, 4.69) is 16.0 Å². The monoisotopic (exact) mass is 510 g/mol. The van der Waals surface area contributed by atoms with E-state index in [0.29, 0.717) is 32.8 Å². The Labute approximate surface area is 202 Å². The van der Waals surface area contributed by atoms with Crippen LogP contribution in [0.5, 0.6) is 0 Å². The maximum absolute atomic E-state index is 13.2. The Morgan fingerprint density at radius 3 is 2.64 bits per heavy atom. The van der Waals surface area contributed by atoms with Gasteiger partial charge in [0.15, 0.2) is 0 Å². The summed E-state index contributed by atoms with van der Waals surface area (Å²) >= 11 is 7.55. The summed E-state index contributed by atoms with van der Waals surface area (Å²) in [6.07, 6.45) is -3.87. The minimum atomic E-state index is -1.43. The minimum Gasteiger partial charge on any atom is -0.388 e. The van der Waals surface area contributed by atoms with E-state index in [1.807, 2.05) is 6.92 Å². The average Bonchev–Trinajstić information content (AvgIpc) is 3.06. The number of halogens is 1. The zero-order chi connectivity index (χ0) is 24.3. The SMILES string of the molecule is CCNC(=O)N1CCO[C@@H]2[C@H](CN[C@@H]2C(=O)N[C@@H](C2OC(SC)C(O)C(O)C2O)[C@H](C)Cl)C1. The lowest BCUT2D eigenvalue weighted by molar-refractivity contribution is -0.205. The smallest absolute Gasteiger partial charge is 0.317 e. The fraction of sp³-hybridized carbons (Fsp3) is 0.900. The molecule has 3 fully saturated rings. The second kappa shape index (κ2) is 11.7. The van der Waals surface area contributed by atoms with Gasteiger partial charge in [-0.25, -0.2) is 4.79 Å². The quantitative estimate of drug-likeness (QED) is 0.229. The highest BCUT2D eigenvalue weighted by atomic mass is 35.5.